The van der Waals surface area contributed by atoms with Crippen molar-refractivity contribution >= 4 is 38.4 Å². The molecular weight excluding hydrogens is 334 g/mol. The van der Waals surface area contributed by atoms with Gasteiger partial charge in [-0.1, -0.05) is 42.5 Å². The zero-order chi connectivity index (χ0) is 16.1. The van der Waals surface area contributed by atoms with Crippen LogP contribution in [0, 0.1) is 6.92 Å². The van der Waals surface area contributed by atoms with Gasteiger partial charge in [0.1, 0.15) is 10.7 Å². The van der Waals surface area contributed by atoms with Gasteiger partial charge in [-0.3, -0.25) is 4.40 Å². The van der Waals surface area contributed by atoms with Crippen molar-refractivity contribution in [2.45, 2.75) is 6.92 Å². The summed E-state index contributed by atoms with van der Waals surface area (Å²) in [6.07, 6.45) is 2.06. The summed E-state index contributed by atoms with van der Waals surface area (Å²) in [7, 11) is 0. The highest BCUT2D eigenvalue weighted by Gasteiger charge is 2.16. The molecule has 0 bridgehead atoms. The average Bonchev–Trinajstić information content (AvgIpc) is 3.30. The molecule has 2 aromatic carbocycles. The minimum Gasteiger partial charge on any atom is -0.288 e. The van der Waals surface area contributed by atoms with Gasteiger partial charge in [-0.2, -0.15) is 0 Å². The molecule has 0 aliphatic rings. The quantitative estimate of drug-likeness (QED) is 0.413. The molecule has 5 rings (SSSR count). The lowest BCUT2D eigenvalue weighted by molar-refractivity contribution is 1.21. The van der Waals surface area contributed by atoms with Crippen LogP contribution in [-0.4, -0.2) is 14.4 Å². The number of aryl methyl sites for hydroxylation is 1. The topological polar surface area (TPSA) is 30.2 Å². The normalized spacial score (nSPS) is 11.5. The highest BCUT2D eigenvalue weighted by atomic mass is 32.1. The first-order chi connectivity index (χ1) is 11.8. The van der Waals surface area contributed by atoms with Gasteiger partial charge in [-0.15, -0.1) is 22.7 Å². The van der Waals surface area contributed by atoms with Crippen LogP contribution in [0.25, 0.3) is 37.7 Å². The molecule has 0 amide bonds. The highest BCUT2D eigenvalue weighted by Crippen LogP contribution is 2.34. The second-order valence-electron chi connectivity index (χ2n) is 5.67. The third kappa shape index (κ3) is 2.02. The van der Waals surface area contributed by atoms with Crippen molar-refractivity contribution in [3.63, 3.8) is 0 Å². The lowest BCUT2D eigenvalue weighted by Gasteiger charge is -2.03. The molecule has 5 heteroatoms. The summed E-state index contributed by atoms with van der Waals surface area (Å²) >= 11 is 3.33. The van der Waals surface area contributed by atoms with Crippen molar-refractivity contribution in [1.29, 1.82) is 0 Å². The third-order valence-corrected chi connectivity index (χ3v) is 5.81. The molecule has 5 aromatic rings. The molecule has 0 saturated carbocycles. The molecule has 0 radical (unpaired) electrons. The molecular formula is C19H13N3S2. The Labute approximate surface area is 146 Å². The van der Waals surface area contributed by atoms with Gasteiger partial charge >= 0.3 is 0 Å². The highest BCUT2D eigenvalue weighted by molar-refractivity contribution is 7.15. The first-order valence-corrected chi connectivity index (χ1v) is 9.43. The van der Waals surface area contributed by atoms with Gasteiger partial charge in [0.2, 0.25) is 0 Å². The summed E-state index contributed by atoms with van der Waals surface area (Å²) in [6, 6.07) is 14.8. The maximum atomic E-state index is 4.93. The number of benzene rings is 2. The van der Waals surface area contributed by atoms with E-state index in [-0.39, 0.29) is 0 Å². The van der Waals surface area contributed by atoms with E-state index in [1.54, 1.807) is 22.7 Å². The van der Waals surface area contributed by atoms with Crippen LogP contribution in [0.1, 0.15) is 5.69 Å². The summed E-state index contributed by atoms with van der Waals surface area (Å²) in [5, 5.41) is 7.70. The molecule has 116 valence electrons. The fourth-order valence-corrected chi connectivity index (χ4v) is 4.78. The average molecular weight is 347 g/mol. The van der Waals surface area contributed by atoms with Gasteiger partial charge in [0.15, 0.2) is 4.96 Å². The molecule has 0 aliphatic heterocycles. The molecule has 0 N–H and O–H groups in total. The summed E-state index contributed by atoms with van der Waals surface area (Å²) < 4.78 is 2.13. The van der Waals surface area contributed by atoms with Crippen molar-refractivity contribution in [1.82, 2.24) is 14.4 Å². The van der Waals surface area contributed by atoms with Gasteiger partial charge in [0.25, 0.3) is 0 Å². The number of rotatable bonds is 2. The van der Waals surface area contributed by atoms with E-state index in [1.807, 2.05) is 6.92 Å². The molecule has 0 atom stereocenters. The predicted octanol–water partition coefficient (Wildman–Crippen LogP) is 5.65. The van der Waals surface area contributed by atoms with Gasteiger partial charge < -0.3 is 0 Å². The molecule has 24 heavy (non-hydrogen) atoms. The zero-order valence-corrected chi connectivity index (χ0v) is 14.6. The second kappa shape index (κ2) is 5.26. The van der Waals surface area contributed by atoms with Crippen molar-refractivity contribution in [2.75, 3.05) is 0 Å². The summed E-state index contributed by atoms with van der Waals surface area (Å²) in [5.41, 5.74) is 4.33. The van der Waals surface area contributed by atoms with E-state index in [4.69, 9.17) is 4.98 Å². The van der Waals surface area contributed by atoms with Crippen molar-refractivity contribution in [3.05, 3.63) is 65.1 Å². The van der Waals surface area contributed by atoms with Crippen LogP contribution >= 0.6 is 22.7 Å². The Morgan fingerprint density at radius 3 is 2.79 bits per heavy atom. The van der Waals surface area contributed by atoms with Gasteiger partial charge in [-0.25, -0.2) is 9.97 Å². The summed E-state index contributed by atoms with van der Waals surface area (Å²) in [6.45, 7) is 2.05. The Balaban J connectivity index is 1.70. The third-order valence-electron chi connectivity index (χ3n) is 4.21. The van der Waals surface area contributed by atoms with Gasteiger partial charge in [-0.05, 0) is 17.7 Å². The largest absolute Gasteiger partial charge is 0.288 e. The Kier molecular flexibility index (Phi) is 3.04. The molecule has 3 aromatic heterocycles. The van der Waals surface area contributed by atoms with Crippen LogP contribution in [0.4, 0.5) is 0 Å². The van der Waals surface area contributed by atoms with E-state index < -0.39 is 0 Å². The number of hydrogen-bond donors (Lipinski definition) is 0. The van der Waals surface area contributed by atoms with Crippen LogP contribution in [-0.2, 0) is 0 Å². The maximum absolute atomic E-state index is 4.93. The van der Waals surface area contributed by atoms with E-state index in [2.05, 4.69) is 68.8 Å². The molecule has 3 heterocycles. The maximum Gasteiger partial charge on any atom is 0.194 e. The minimum atomic E-state index is 1.02. The lowest BCUT2D eigenvalue weighted by atomic mass is 10.0. The molecule has 0 saturated heterocycles. The SMILES string of the molecule is Cc1nc2sccn2c1-c1nc(-c2cccc3ccccc23)cs1. The number of aromatic nitrogens is 3. The fourth-order valence-electron chi connectivity index (χ4n) is 3.11. The minimum absolute atomic E-state index is 1.02. The number of thiazole rings is 2. The van der Waals surface area contributed by atoms with Crippen molar-refractivity contribution in [3.8, 4) is 22.0 Å². The molecule has 3 nitrogen and oxygen atoms in total. The van der Waals surface area contributed by atoms with E-state index in [1.165, 1.54) is 16.3 Å². The Morgan fingerprint density at radius 1 is 0.958 bits per heavy atom. The van der Waals surface area contributed by atoms with Crippen LogP contribution in [0.2, 0.25) is 0 Å². The Hall–Kier alpha value is -2.50. The number of imidazole rings is 1. The van der Waals surface area contributed by atoms with E-state index in [0.29, 0.717) is 0 Å². The van der Waals surface area contributed by atoms with Crippen LogP contribution in [0.3, 0.4) is 0 Å². The summed E-state index contributed by atoms with van der Waals surface area (Å²) in [5.74, 6) is 0. The lowest BCUT2D eigenvalue weighted by Crippen LogP contribution is -1.86. The van der Waals surface area contributed by atoms with Crippen LogP contribution in [0.15, 0.2) is 59.4 Å². The van der Waals surface area contributed by atoms with Gasteiger partial charge in [0.05, 0.1) is 11.4 Å². The zero-order valence-electron chi connectivity index (χ0n) is 12.9. The second-order valence-corrected chi connectivity index (χ2v) is 7.40. The van der Waals surface area contributed by atoms with E-state index in [0.717, 1.165) is 27.1 Å². The van der Waals surface area contributed by atoms with Crippen LogP contribution < -0.4 is 0 Å². The molecule has 0 spiro atoms. The van der Waals surface area contributed by atoms with E-state index >= 15 is 0 Å². The number of nitrogens with zero attached hydrogens (tertiary/aromatic N) is 3. The van der Waals surface area contributed by atoms with Crippen LogP contribution in [0.5, 0.6) is 0 Å². The van der Waals surface area contributed by atoms with Crippen molar-refractivity contribution in [2.24, 2.45) is 0 Å². The number of fused-ring (bicyclic) bond motifs is 2. The molecule has 0 unspecified atom stereocenters. The standard InChI is InChI=1S/C19H13N3S2/c1-12-17(22-9-10-23-19(22)20-12)18-21-16(11-24-18)15-8-4-6-13-5-2-3-7-14(13)15/h2-11H,1H3. The monoisotopic (exact) mass is 347 g/mol. The first-order valence-electron chi connectivity index (χ1n) is 7.67. The molecule has 0 fully saturated rings. The number of hydrogen-bond acceptors (Lipinski definition) is 4. The van der Waals surface area contributed by atoms with E-state index in [9.17, 15) is 0 Å². The van der Waals surface area contributed by atoms with Gasteiger partial charge in [0, 0.05) is 22.5 Å². The molecule has 0 aliphatic carbocycles. The first kappa shape index (κ1) is 13.9. The van der Waals surface area contributed by atoms with Crippen molar-refractivity contribution < 1.29 is 0 Å². The Morgan fingerprint density at radius 2 is 1.83 bits per heavy atom. The predicted molar refractivity (Wildman–Crippen MR) is 102 cm³/mol. The fraction of sp³-hybridized carbons (Fsp3) is 0.0526. The summed E-state index contributed by atoms with van der Waals surface area (Å²) in [4.78, 5) is 10.6. The Bertz CT molecular complexity index is 1170. The smallest absolute Gasteiger partial charge is 0.194 e.